The van der Waals surface area contributed by atoms with E-state index in [1.54, 1.807) is 10.9 Å². The molecule has 1 atom stereocenters. The lowest BCUT2D eigenvalue weighted by Gasteiger charge is -2.39. The van der Waals surface area contributed by atoms with Gasteiger partial charge >= 0.3 is 5.97 Å². The summed E-state index contributed by atoms with van der Waals surface area (Å²) in [6.07, 6.45) is 9.44. The molecule has 2 heterocycles. The van der Waals surface area contributed by atoms with Crippen LogP contribution in [0.3, 0.4) is 0 Å². The molecule has 1 aliphatic heterocycles. The average Bonchev–Trinajstić information content (AvgIpc) is 3.26. The standard InChI is InChI=1S/C20H29N3O3/c1-19(2,3)16-8-11-23(21-16)20(18(25)26)9-12-22(13-10-20)17(24)14-15-6-4-5-7-15/h4,6,8,11,15H,5,7,9-10,12-14H2,1-3H3,(H,25,26)/t15-/m1/s1. The summed E-state index contributed by atoms with van der Waals surface area (Å²) in [5.74, 6) is -0.391. The van der Waals surface area contributed by atoms with Gasteiger partial charge in [0.05, 0.1) is 5.69 Å². The minimum absolute atomic E-state index is 0.129. The third-order valence-corrected chi connectivity index (χ3v) is 5.69. The maximum absolute atomic E-state index is 12.5. The van der Waals surface area contributed by atoms with E-state index in [9.17, 15) is 14.7 Å². The van der Waals surface area contributed by atoms with Crippen molar-refractivity contribution >= 4 is 11.9 Å². The fourth-order valence-corrected chi connectivity index (χ4v) is 3.85. The van der Waals surface area contributed by atoms with Crippen LogP contribution in [0, 0.1) is 5.92 Å². The van der Waals surface area contributed by atoms with Crippen LogP contribution in [-0.4, -0.2) is 44.8 Å². The summed E-state index contributed by atoms with van der Waals surface area (Å²) in [6, 6.07) is 1.90. The summed E-state index contributed by atoms with van der Waals surface area (Å²) < 4.78 is 1.61. The molecule has 0 spiro atoms. The van der Waals surface area contributed by atoms with Crippen LogP contribution in [0.1, 0.15) is 58.6 Å². The molecule has 6 heteroatoms. The number of carboxylic acids is 1. The summed E-state index contributed by atoms with van der Waals surface area (Å²) in [4.78, 5) is 26.5. The number of aromatic nitrogens is 2. The molecule has 1 aromatic heterocycles. The second-order valence-electron chi connectivity index (χ2n) is 8.58. The van der Waals surface area contributed by atoms with Crippen LogP contribution in [0.4, 0.5) is 0 Å². The number of nitrogens with zero attached hydrogens (tertiary/aromatic N) is 3. The van der Waals surface area contributed by atoms with Gasteiger partial charge in [0.2, 0.25) is 5.91 Å². The van der Waals surface area contributed by atoms with Crippen LogP contribution in [-0.2, 0) is 20.5 Å². The van der Waals surface area contributed by atoms with Gasteiger partial charge in [-0.1, -0.05) is 32.9 Å². The van der Waals surface area contributed by atoms with Crippen molar-refractivity contribution in [3.63, 3.8) is 0 Å². The molecule has 2 aliphatic rings. The number of carbonyl (C=O) groups is 2. The van der Waals surface area contributed by atoms with Gasteiger partial charge in [-0.05, 0) is 24.8 Å². The van der Waals surface area contributed by atoms with Crippen LogP contribution < -0.4 is 0 Å². The molecular weight excluding hydrogens is 330 g/mol. The molecule has 1 aliphatic carbocycles. The second kappa shape index (κ2) is 6.89. The van der Waals surface area contributed by atoms with Crippen molar-refractivity contribution in [3.8, 4) is 0 Å². The Morgan fingerprint density at radius 1 is 1.31 bits per heavy atom. The van der Waals surface area contributed by atoms with E-state index >= 15 is 0 Å². The van der Waals surface area contributed by atoms with Crippen molar-refractivity contribution in [1.29, 1.82) is 0 Å². The van der Waals surface area contributed by atoms with Crippen molar-refractivity contribution in [2.75, 3.05) is 13.1 Å². The highest BCUT2D eigenvalue weighted by molar-refractivity contribution is 5.79. The van der Waals surface area contributed by atoms with Crippen molar-refractivity contribution in [1.82, 2.24) is 14.7 Å². The van der Waals surface area contributed by atoms with Gasteiger partial charge in [-0.25, -0.2) is 4.79 Å². The molecule has 3 rings (SSSR count). The van der Waals surface area contributed by atoms with Crippen LogP contribution in [0.2, 0.25) is 0 Å². The Hall–Kier alpha value is -2.11. The summed E-state index contributed by atoms with van der Waals surface area (Å²) >= 11 is 0. The van der Waals surface area contributed by atoms with E-state index in [2.05, 4.69) is 38.0 Å². The fraction of sp³-hybridized carbons (Fsp3) is 0.650. The summed E-state index contributed by atoms with van der Waals surface area (Å²) in [6.45, 7) is 7.11. The van der Waals surface area contributed by atoms with Gasteiger partial charge in [0.1, 0.15) is 0 Å². The van der Waals surface area contributed by atoms with Crippen LogP contribution in [0.15, 0.2) is 24.4 Å². The lowest BCUT2D eigenvalue weighted by Crippen LogP contribution is -2.52. The van der Waals surface area contributed by atoms with Crippen LogP contribution >= 0.6 is 0 Å². The topological polar surface area (TPSA) is 75.4 Å². The Morgan fingerprint density at radius 2 is 2.00 bits per heavy atom. The molecule has 1 saturated heterocycles. The first-order chi connectivity index (χ1) is 12.2. The average molecular weight is 359 g/mol. The van der Waals surface area contributed by atoms with E-state index in [4.69, 9.17) is 0 Å². The maximum Gasteiger partial charge on any atom is 0.331 e. The highest BCUT2D eigenvalue weighted by atomic mass is 16.4. The van der Waals surface area contributed by atoms with E-state index in [-0.39, 0.29) is 11.3 Å². The lowest BCUT2D eigenvalue weighted by molar-refractivity contribution is -0.153. The first kappa shape index (κ1) is 18.7. The molecule has 0 bridgehead atoms. The number of piperidine rings is 1. The van der Waals surface area contributed by atoms with E-state index < -0.39 is 11.5 Å². The Kier molecular flexibility index (Phi) is 4.95. The van der Waals surface area contributed by atoms with Gasteiger partial charge in [0, 0.05) is 44.0 Å². The van der Waals surface area contributed by atoms with Gasteiger partial charge in [-0.15, -0.1) is 0 Å². The zero-order chi connectivity index (χ0) is 18.9. The molecule has 1 amide bonds. The smallest absolute Gasteiger partial charge is 0.331 e. The summed E-state index contributed by atoms with van der Waals surface area (Å²) in [7, 11) is 0. The number of likely N-dealkylation sites (tertiary alicyclic amines) is 1. The van der Waals surface area contributed by atoms with E-state index in [0.29, 0.717) is 38.3 Å². The lowest BCUT2D eigenvalue weighted by atomic mass is 9.87. The number of aliphatic carboxylic acids is 1. The van der Waals surface area contributed by atoms with E-state index in [1.165, 1.54) is 0 Å². The predicted molar refractivity (Wildman–Crippen MR) is 98.8 cm³/mol. The third kappa shape index (κ3) is 3.55. The molecule has 26 heavy (non-hydrogen) atoms. The molecule has 6 nitrogen and oxygen atoms in total. The monoisotopic (exact) mass is 359 g/mol. The van der Waals surface area contributed by atoms with Gasteiger partial charge in [-0.2, -0.15) is 5.10 Å². The fourth-order valence-electron chi connectivity index (χ4n) is 3.85. The van der Waals surface area contributed by atoms with Gasteiger partial charge in [0.15, 0.2) is 5.54 Å². The Balaban J connectivity index is 1.71. The zero-order valence-corrected chi connectivity index (χ0v) is 15.9. The molecule has 1 fully saturated rings. The van der Waals surface area contributed by atoms with Crippen LogP contribution in [0.25, 0.3) is 0 Å². The maximum atomic E-state index is 12.5. The number of carbonyl (C=O) groups excluding carboxylic acids is 1. The molecular formula is C20H29N3O3. The Bertz CT molecular complexity index is 706. The van der Waals surface area contributed by atoms with Crippen molar-refractivity contribution < 1.29 is 14.7 Å². The Labute approximate surface area is 154 Å². The van der Waals surface area contributed by atoms with Gasteiger partial charge < -0.3 is 10.0 Å². The SMILES string of the molecule is CC(C)(C)c1ccn(C2(C(=O)O)CCN(C(=O)C[C@@H]3C=CCC3)CC2)n1. The highest BCUT2D eigenvalue weighted by Gasteiger charge is 2.45. The number of carboxylic acid groups (broad SMARTS) is 1. The van der Waals surface area contributed by atoms with Crippen molar-refractivity contribution in [3.05, 3.63) is 30.1 Å². The zero-order valence-electron chi connectivity index (χ0n) is 15.9. The molecule has 0 saturated carbocycles. The number of amides is 1. The van der Waals surface area contributed by atoms with Gasteiger partial charge in [0.25, 0.3) is 0 Å². The number of allylic oxidation sites excluding steroid dienone is 2. The largest absolute Gasteiger partial charge is 0.479 e. The van der Waals surface area contributed by atoms with Crippen molar-refractivity contribution in [2.45, 2.75) is 63.8 Å². The third-order valence-electron chi connectivity index (χ3n) is 5.69. The van der Waals surface area contributed by atoms with Crippen LogP contribution in [0.5, 0.6) is 0 Å². The summed E-state index contributed by atoms with van der Waals surface area (Å²) in [5, 5.41) is 14.5. The minimum atomic E-state index is -1.06. The van der Waals surface area contributed by atoms with E-state index in [1.807, 2.05) is 11.0 Å². The summed E-state index contributed by atoms with van der Waals surface area (Å²) in [5.41, 5.74) is -0.311. The molecule has 142 valence electrons. The quantitative estimate of drug-likeness (QED) is 0.839. The normalized spacial score (nSPS) is 22.6. The molecule has 0 unspecified atom stereocenters. The molecule has 0 aromatic carbocycles. The number of hydrogen-bond acceptors (Lipinski definition) is 3. The minimum Gasteiger partial charge on any atom is -0.479 e. The first-order valence-corrected chi connectivity index (χ1v) is 9.47. The molecule has 1 aromatic rings. The van der Waals surface area contributed by atoms with Gasteiger partial charge in [-0.3, -0.25) is 9.48 Å². The van der Waals surface area contributed by atoms with Crippen molar-refractivity contribution in [2.24, 2.45) is 5.92 Å². The highest BCUT2D eigenvalue weighted by Crippen LogP contribution is 2.33. The second-order valence-corrected chi connectivity index (χ2v) is 8.58. The predicted octanol–water partition coefficient (Wildman–Crippen LogP) is 2.94. The molecule has 1 N–H and O–H groups in total. The number of rotatable bonds is 4. The first-order valence-electron chi connectivity index (χ1n) is 9.47. The molecule has 0 radical (unpaired) electrons. The Morgan fingerprint density at radius 3 is 2.50 bits per heavy atom. The van der Waals surface area contributed by atoms with E-state index in [0.717, 1.165) is 18.5 Å². The number of hydrogen-bond donors (Lipinski definition) is 1.